The van der Waals surface area contributed by atoms with Gasteiger partial charge in [0, 0.05) is 16.9 Å². The molecular weight excluding hydrogens is 252 g/mol. The molecule has 0 aliphatic heterocycles. The van der Waals surface area contributed by atoms with Crippen LogP contribution in [0.2, 0.25) is 0 Å². The summed E-state index contributed by atoms with van der Waals surface area (Å²) in [4.78, 5) is 12.6. The molecule has 0 aliphatic rings. The molecule has 0 aromatic carbocycles. The Balaban J connectivity index is 1.80. The van der Waals surface area contributed by atoms with Gasteiger partial charge in [-0.25, -0.2) is 5.84 Å². The molecule has 0 radical (unpaired) electrons. The summed E-state index contributed by atoms with van der Waals surface area (Å²) in [7, 11) is 0. The monoisotopic (exact) mass is 266 g/mol. The summed E-state index contributed by atoms with van der Waals surface area (Å²) in [6.45, 7) is 0.944. The summed E-state index contributed by atoms with van der Waals surface area (Å²) in [6, 6.07) is 5.79. The number of hydrazine groups is 1. The van der Waals surface area contributed by atoms with Crippen molar-refractivity contribution >= 4 is 17.2 Å². The highest BCUT2D eigenvalue weighted by molar-refractivity contribution is 7.09. The Bertz CT molecular complexity index is 493. The lowest BCUT2D eigenvalue weighted by Gasteiger charge is -2.03. The maximum Gasteiger partial charge on any atom is 0.301 e. The lowest BCUT2D eigenvalue weighted by Crippen LogP contribution is -2.30. The maximum atomic E-state index is 11.3. The minimum Gasteiger partial charge on any atom is -0.459 e. The predicted octanol–water partition coefficient (Wildman–Crippen LogP) is 1.70. The van der Waals surface area contributed by atoms with Crippen molar-refractivity contribution in [3.63, 3.8) is 0 Å². The second kappa shape index (κ2) is 6.34. The van der Waals surface area contributed by atoms with E-state index in [4.69, 9.17) is 15.0 Å². The Hall–Kier alpha value is -1.63. The van der Waals surface area contributed by atoms with Gasteiger partial charge < -0.3 is 9.15 Å². The van der Waals surface area contributed by atoms with Gasteiger partial charge in [-0.2, -0.15) is 0 Å². The molecule has 5 nitrogen and oxygen atoms in total. The largest absolute Gasteiger partial charge is 0.459 e. The summed E-state index contributed by atoms with van der Waals surface area (Å²) < 4.78 is 10.6. The average molecular weight is 266 g/mol. The molecule has 0 saturated carbocycles. The molecular formula is C12H14N2O3S. The molecule has 6 heteroatoms. The normalized spacial score (nSPS) is 10.5. The van der Waals surface area contributed by atoms with Crippen molar-refractivity contribution in [3.05, 3.63) is 46.0 Å². The summed E-state index contributed by atoms with van der Waals surface area (Å²) >= 11 is 1.70. The summed E-state index contributed by atoms with van der Waals surface area (Å²) in [5, 5.41) is 2.04. The number of thiophene rings is 1. The van der Waals surface area contributed by atoms with Crippen molar-refractivity contribution in [3.8, 4) is 0 Å². The van der Waals surface area contributed by atoms with Crippen molar-refractivity contribution in [1.29, 1.82) is 0 Å². The zero-order valence-corrected chi connectivity index (χ0v) is 10.5. The fourth-order valence-electron chi connectivity index (χ4n) is 1.52. The second-order valence-corrected chi connectivity index (χ2v) is 4.66. The molecule has 0 aliphatic carbocycles. The average Bonchev–Trinajstić information content (AvgIpc) is 3.04. The molecule has 0 saturated heterocycles. The van der Waals surface area contributed by atoms with E-state index in [1.165, 1.54) is 11.1 Å². The highest BCUT2D eigenvalue weighted by atomic mass is 32.1. The molecule has 0 bridgehead atoms. The standard InChI is InChI=1S/C12H14N2O3S/c13-14-12(15)11-9(3-6-17-11)8-16-5-4-10-2-1-7-18-10/h1-3,6-7H,4-5,8,13H2,(H,14,15). The molecule has 0 fully saturated rings. The molecule has 2 rings (SSSR count). The Kier molecular flexibility index (Phi) is 4.52. The first-order chi connectivity index (χ1) is 8.81. The van der Waals surface area contributed by atoms with Gasteiger partial charge in [0.05, 0.1) is 19.5 Å². The molecule has 0 atom stereocenters. The Labute approximate surface area is 109 Å². The van der Waals surface area contributed by atoms with E-state index in [2.05, 4.69) is 6.07 Å². The van der Waals surface area contributed by atoms with Gasteiger partial charge in [0.2, 0.25) is 0 Å². The summed E-state index contributed by atoms with van der Waals surface area (Å²) in [5.41, 5.74) is 2.73. The third-order valence-corrected chi connectivity index (χ3v) is 3.35. The number of amides is 1. The number of furan rings is 1. The minimum atomic E-state index is -0.447. The number of carbonyl (C=O) groups is 1. The van der Waals surface area contributed by atoms with Crippen LogP contribution < -0.4 is 11.3 Å². The van der Waals surface area contributed by atoms with Crippen molar-refractivity contribution in [2.45, 2.75) is 13.0 Å². The summed E-state index contributed by atoms with van der Waals surface area (Å²) in [6.07, 6.45) is 2.32. The molecule has 1 amide bonds. The third-order valence-electron chi connectivity index (χ3n) is 2.41. The molecule has 0 unspecified atom stereocenters. The van der Waals surface area contributed by atoms with Gasteiger partial charge in [-0.15, -0.1) is 11.3 Å². The molecule has 96 valence electrons. The number of hydrogen-bond acceptors (Lipinski definition) is 5. The number of hydrogen-bond donors (Lipinski definition) is 2. The van der Waals surface area contributed by atoms with Crippen LogP contribution in [0.5, 0.6) is 0 Å². The highest BCUT2D eigenvalue weighted by Crippen LogP contribution is 2.13. The SMILES string of the molecule is NNC(=O)c1occc1COCCc1cccs1. The molecule has 2 aromatic heterocycles. The number of nitrogens with two attached hydrogens (primary N) is 1. The van der Waals surface area contributed by atoms with Gasteiger partial charge in [-0.3, -0.25) is 10.2 Å². The van der Waals surface area contributed by atoms with E-state index in [1.54, 1.807) is 17.4 Å². The highest BCUT2D eigenvalue weighted by Gasteiger charge is 2.13. The fraction of sp³-hybridized carbons (Fsp3) is 0.250. The Morgan fingerprint density at radius 2 is 2.39 bits per heavy atom. The lowest BCUT2D eigenvalue weighted by atomic mass is 10.2. The van der Waals surface area contributed by atoms with Gasteiger partial charge in [0.1, 0.15) is 0 Å². The van der Waals surface area contributed by atoms with Gasteiger partial charge in [0.15, 0.2) is 5.76 Å². The zero-order valence-electron chi connectivity index (χ0n) is 9.72. The second-order valence-electron chi connectivity index (χ2n) is 3.63. The van der Waals surface area contributed by atoms with E-state index in [1.807, 2.05) is 16.9 Å². The molecule has 2 aromatic rings. The topological polar surface area (TPSA) is 77.5 Å². The lowest BCUT2D eigenvalue weighted by molar-refractivity contribution is 0.0909. The number of carbonyl (C=O) groups excluding carboxylic acids is 1. The van der Waals surface area contributed by atoms with Crippen LogP contribution in [-0.4, -0.2) is 12.5 Å². The third kappa shape index (κ3) is 3.19. The van der Waals surface area contributed by atoms with Gasteiger partial charge in [-0.1, -0.05) is 6.07 Å². The van der Waals surface area contributed by atoms with Gasteiger partial charge in [-0.05, 0) is 17.5 Å². The van der Waals surface area contributed by atoms with Gasteiger partial charge >= 0.3 is 5.91 Å². The predicted molar refractivity (Wildman–Crippen MR) is 68.0 cm³/mol. The molecule has 18 heavy (non-hydrogen) atoms. The van der Waals surface area contributed by atoms with E-state index < -0.39 is 5.91 Å². The number of ether oxygens (including phenoxy) is 1. The van der Waals surface area contributed by atoms with Crippen LogP contribution in [0, 0.1) is 0 Å². The first-order valence-corrected chi connectivity index (χ1v) is 6.36. The van der Waals surface area contributed by atoms with E-state index in [9.17, 15) is 4.79 Å². The maximum absolute atomic E-state index is 11.3. The van der Waals surface area contributed by atoms with Crippen LogP contribution in [0.3, 0.4) is 0 Å². The first-order valence-electron chi connectivity index (χ1n) is 5.48. The number of rotatable bonds is 6. The van der Waals surface area contributed by atoms with Crippen LogP contribution in [0.4, 0.5) is 0 Å². The van der Waals surface area contributed by atoms with E-state index in [-0.39, 0.29) is 5.76 Å². The molecule has 3 N–H and O–H groups in total. The van der Waals surface area contributed by atoms with Gasteiger partial charge in [0.25, 0.3) is 0 Å². The molecule has 2 heterocycles. The van der Waals surface area contributed by atoms with Crippen molar-refractivity contribution < 1.29 is 13.9 Å². The number of nitrogens with one attached hydrogen (secondary N) is 1. The zero-order chi connectivity index (χ0) is 12.8. The van der Waals surface area contributed by atoms with E-state index >= 15 is 0 Å². The first kappa shape index (κ1) is 12.8. The van der Waals surface area contributed by atoms with Crippen molar-refractivity contribution in [2.75, 3.05) is 6.61 Å². The Morgan fingerprint density at radius 3 is 3.11 bits per heavy atom. The van der Waals surface area contributed by atoms with Crippen LogP contribution in [0.1, 0.15) is 21.0 Å². The quantitative estimate of drug-likeness (QED) is 0.361. The Morgan fingerprint density at radius 1 is 1.50 bits per heavy atom. The van der Waals surface area contributed by atoms with Crippen LogP contribution in [-0.2, 0) is 17.8 Å². The van der Waals surface area contributed by atoms with Crippen molar-refractivity contribution in [2.24, 2.45) is 5.84 Å². The summed E-state index contributed by atoms with van der Waals surface area (Å²) in [5.74, 6) is 4.81. The van der Waals surface area contributed by atoms with E-state index in [0.29, 0.717) is 18.8 Å². The van der Waals surface area contributed by atoms with Crippen LogP contribution in [0.25, 0.3) is 0 Å². The fourth-order valence-corrected chi connectivity index (χ4v) is 2.21. The molecule has 0 spiro atoms. The van der Waals surface area contributed by atoms with Crippen LogP contribution >= 0.6 is 11.3 Å². The van der Waals surface area contributed by atoms with E-state index in [0.717, 1.165) is 6.42 Å². The van der Waals surface area contributed by atoms with Crippen LogP contribution in [0.15, 0.2) is 34.3 Å². The van der Waals surface area contributed by atoms with Crippen molar-refractivity contribution in [1.82, 2.24) is 5.43 Å². The smallest absolute Gasteiger partial charge is 0.301 e. The minimum absolute atomic E-state index is 0.202. The number of nitrogen functional groups attached to an aromatic ring is 1.